The van der Waals surface area contributed by atoms with E-state index < -0.39 is 28.5 Å². The fourth-order valence-electron chi connectivity index (χ4n) is 5.74. The Morgan fingerprint density at radius 2 is 1.60 bits per heavy atom. The lowest BCUT2D eigenvalue weighted by Gasteiger charge is -2.34. The molecule has 246 valence electrons. The molecule has 1 atom stereocenters. The predicted octanol–water partition coefficient (Wildman–Crippen LogP) is 7.01. The largest absolute Gasteiger partial charge is 0.497 e. The first-order valence-electron chi connectivity index (χ1n) is 15.4. The number of hydrogen-bond donors (Lipinski definition) is 1. The Morgan fingerprint density at radius 1 is 0.915 bits per heavy atom. The number of nitrogens with one attached hydrogen (secondary N) is 1. The number of anilines is 1. The molecule has 0 bridgehead atoms. The zero-order chi connectivity index (χ0) is 33.4. The maximum absolute atomic E-state index is 14.6. The summed E-state index contributed by atoms with van der Waals surface area (Å²) in [6.07, 6.45) is 4.09. The van der Waals surface area contributed by atoms with Gasteiger partial charge >= 0.3 is 0 Å². The molecule has 5 rings (SSSR count). The number of nitrogens with zero attached hydrogens (tertiary/aromatic N) is 2. The number of hydrogen-bond acceptors (Lipinski definition) is 5. The first-order chi connectivity index (χ1) is 22.6. The normalized spacial score (nSPS) is 13.9. The molecule has 1 aliphatic carbocycles. The second-order valence-corrected chi connectivity index (χ2v) is 14.7. The van der Waals surface area contributed by atoms with Crippen LogP contribution in [-0.2, 0) is 32.6 Å². The van der Waals surface area contributed by atoms with Crippen LogP contribution in [0.15, 0.2) is 112 Å². The van der Waals surface area contributed by atoms with Gasteiger partial charge in [-0.25, -0.2) is 8.42 Å². The molecule has 0 radical (unpaired) electrons. The van der Waals surface area contributed by atoms with Gasteiger partial charge in [-0.05, 0) is 78.6 Å². The Balaban J connectivity index is 1.56. The van der Waals surface area contributed by atoms with Crippen molar-refractivity contribution in [1.29, 1.82) is 0 Å². The van der Waals surface area contributed by atoms with Gasteiger partial charge in [0.2, 0.25) is 11.8 Å². The minimum atomic E-state index is -4.26. The average Bonchev–Trinajstić information content (AvgIpc) is 3.59. The van der Waals surface area contributed by atoms with Crippen LogP contribution >= 0.6 is 27.5 Å². The van der Waals surface area contributed by atoms with Crippen LogP contribution in [-0.4, -0.2) is 50.9 Å². The molecule has 2 amide bonds. The van der Waals surface area contributed by atoms with Gasteiger partial charge in [-0.2, -0.15) is 0 Å². The van der Waals surface area contributed by atoms with Gasteiger partial charge in [0.25, 0.3) is 10.0 Å². The fourth-order valence-corrected chi connectivity index (χ4v) is 7.60. The van der Waals surface area contributed by atoms with Gasteiger partial charge in [0, 0.05) is 28.5 Å². The average molecular weight is 739 g/mol. The van der Waals surface area contributed by atoms with Gasteiger partial charge in [-0.3, -0.25) is 13.9 Å². The van der Waals surface area contributed by atoms with E-state index in [1.54, 1.807) is 30.3 Å². The van der Waals surface area contributed by atoms with Crippen molar-refractivity contribution in [1.82, 2.24) is 10.2 Å². The summed E-state index contributed by atoms with van der Waals surface area (Å²) in [6.45, 7) is -0.471. The maximum Gasteiger partial charge on any atom is 0.264 e. The second kappa shape index (κ2) is 15.8. The number of carbonyl (C=O) groups excluding carboxylic acids is 2. The van der Waals surface area contributed by atoms with Crippen LogP contribution in [0.5, 0.6) is 5.75 Å². The van der Waals surface area contributed by atoms with Crippen molar-refractivity contribution < 1.29 is 22.7 Å². The fraction of sp³-hybridized carbons (Fsp3) is 0.278. The van der Waals surface area contributed by atoms with E-state index in [-0.39, 0.29) is 35.5 Å². The van der Waals surface area contributed by atoms with Crippen LogP contribution in [0.4, 0.5) is 5.69 Å². The predicted molar refractivity (Wildman–Crippen MR) is 188 cm³/mol. The van der Waals surface area contributed by atoms with E-state index in [9.17, 15) is 18.0 Å². The zero-order valence-electron chi connectivity index (χ0n) is 26.0. The lowest BCUT2D eigenvalue weighted by atomic mass is 10.0. The minimum absolute atomic E-state index is 0.0228. The Kier molecular flexibility index (Phi) is 11.6. The van der Waals surface area contributed by atoms with Gasteiger partial charge in [0.05, 0.1) is 17.7 Å². The molecule has 11 heteroatoms. The molecule has 0 saturated heterocycles. The summed E-state index contributed by atoms with van der Waals surface area (Å²) in [5.41, 5.74) is 1.89. The van der Waals surface area contributed by atoms with E-state index in [0.717, 1.165) is 45.6 Å². The number of benzene rings is 4. The van der Waals surface area contributed by atoms with E-state index in [4.69, 9.17) is 16.3 Å². The van der Waals surface area contributed by atoms with E-state index >= 15 is 0 Å². The van der Waals surface area contributed by atoms with Crippen LogP contribution in [0.25, 0.3) is 0 Å². The smallest absolute Gasteiger partial charge is 0.264 e. The Labute approximate surface area is 289 Å². The Bertz CT molecular complexity index is 1770. The summed E-state index contributed by atoms with van der Waals surface area (Å²) in [6, 6.07) is 28.5. The first-order valence-corrected chi connectivity index (χ1v) is 18.1. The quantitative estimate of drug-likeness (QED) is 0.159. The Morgan fingerprint density at radius 3 is 2.23 bits per heavy atom. The molecular formula is C36H37BrClN3O5S. The maximum atomic E-state index is 14.6. The number of amides is 2. The molecular weight excluding hydrogens is 702 g/mol. The minimum Gasteiger partial charge on any atom is -0.497 e. The molecule has 1 aliphatic rings. The number of halogens is 2. The molecule has 1 N–H and O–H groups in total. The van der Waals surface area contributed by atoms with Crippen molar-refractivity contribution in [3.63, 3.8) is 0 Å². The van der Waals surface area contributed by atoms with Gasteiger partial charge < -0.3 is 15.0 Å². The van der Waals surface area contributed by atoms with Crippen LogP contribution in [0.2, 0.25) is 5.02 Å². The number of sulfonamides is 1. The van der Waals surface area contributed by atoms with Crippen molar-refractivity contribution >= 4 is 55.1 Å². The highest BCUT2D eigenvalue weighted by molar-refractivity contribution is 9.10. The molecule has 4 aromatic carbocycles. The summed E-state index contributed by atoms with van der Waals surface area (Å²) < 4.78 is 35.6. The first kappa shape index (κ1) is 34.5. The van der Waals surface area contributed by atoms with Gasteiger partial charge in [0.15, 0.2) is 0 Å². The van der Waals surface area contributed by atoms with E-state index in [1.165, 1.54) is 30.2 Å². The van der Waals surface area contributed by atoms with Crippen LogP contribution < -0.4 is 14.4 Å². The third kappa shape index (κ3) is 8.94. The SMILES string of the molecule is COc1ccc(S(=O)(=O)N(CC(=O)N(Cc2ccc(Br)cc2)C(Cc2ccccc2)C(=O)NC2CCCC2)c2cccc(Cl)c2)cc1. The summed E-state index contributed by atoms with van der Waals surface area (Å²) in [5.74, 6) is -0.307. The highest BCUT2D eigenvalue weighted by atomic mass is 79.9. The topological polar surface area (TPSA) is 96.0 Å². The highest BCUT2D eigenvalue weighted by Gasteiger charge is 2.35. The summed E-state index contributed by atoms with van der Waals surface area (Å²) in [4.78, 5) is 30.2. The number of rotatable bonds is 13. The molecule has 1 fully saturated rings. The molecule has 47 heavy (non-hydrogen) atoms. The van der Waals surface area contributed by atoms with Crippen LogP contribution in [0.3, 0.4) is 0 Å². The van der Waals surface area contributed by atoms with E-state index in [1.807, 2.05) is 54.6 Å². The number of methoxy groups -OCH3 is 1. The molecule has 8 nitrogen and oxygen atoms in total. The highest BCUT2D eigenvalue weighted by Crippen LogP contribution is 2.28. The molecule has 1 unspecified atom stereocenters. The Hall–Kier alpha value is -3.86. The molecule has 0 spiro atoms. The van der Waals surface area contributed by atoms with Crippen molar-refractivity contribution in [2.45, 2.75) is 55.6 Å². The van der Waals surface area contributed by atoms with Crippen molar-refractivity contribution in [3.05, 3.63) is 124 Å². The third-order valence-electron chi connectivity index (χ3n) is 8.26. The van der Waals surface area contributed by atoms with E-state index in [2.05, 4.69) is 21.2 Å². The zero-order valence-corrected chi connectivity index (χ0v) is 29.2. The van der Waals surface area contributed by atoms with Crippen LogP contribution in [0, 0.1) is 0 Å². The van der Waals surface area contributed by atoms with Gasteiger partial charge in [0.1, 0.15) is 18.3 Å². The summed E-state index contributed by atoms with van der Waals surface area (Å²) >= 11 is 9.78. The van der Waals surface area contributed by atoms with Crippen LogP contribution in [0.1, 0.15) is 36.8 Å². The van der Waals surface area contributed by atoms with E-state index in [0.29, 0.717) is 10.8 Å². The van der Waals surface area contributed by atoms with Gasteiger partial charge in [-0.1, -0.05) is 88.9 Å². The third-order valence-corrected chi connectivity index (χ3v) is 10.8. The summed E-state index contributed by atoms with van der Waals surface area (Å²) in [7, 11) is -2.77. The van der Waals surface area contributed by atoms with Crippen molar-refractivity contribution in [2.24, 2.45) is 0 Å². The molecule has 1 saturated carbocycles. The lowest BCUT2D eigenvalue weighted by Crippen LogP contribution is -2.54. The molecule has 0 heterocycles. The number of carbonyl (C=O) groups is 2. The van der Waals surface area contributed by atoms with Crippen molar-refractivity contribution in [2.75, 3.05) is 18.0 Å². The summed E-state index contributed by atoms with van der Waals surface area (Å²) in [5, 5.41) is 3.50. The standard InChI is InChI=1S/C36H37BrClN3O5S/c1-46-32-18-20-33(21-19-32)47(44,45)41(31-13-7-10-29(38)23-31)25-35(42)40(24-27-14-16-28(37)17-15-27)34(22-26-8-3-2-4-9-26)36(43)39-30-11-5-6-12-30/h2-4,7-10,13-21,23,30,34H,5-6,11-12,22,24-25H2,1H3,(H,39,43). The second-order valence-electron chi connectivity index (χ2n) is 11.5. The molecule has 4 aromatic rings. The monoisotopic (exact) mass is 737 g/mol. The van der Waals surface area contributed by atoms with Crippen molar-refractivity contribution in [3.8, 4) is 5.75 Å². The molecule has 0 aromatic heterocycles. The lowest BCUT2D eigenvalue weighted by molar-refractivity contribution is -0.140. The number of ether oxygens (including phenoxy) is 1. The molecule has 0 aliphatic heterocycles. The van der Waals surface area contributed by atoms with Gasteiger partial charge in [-0.15, -0.1) is 0 Å².